The lowest BCUT2D eigenvalue weighted by Crippen LogP contribution is -2.39. The van der Waals surface area contributed by atoms with Gasteiger partial charge in [-0.15, -0.1) is 17.5 Å². The first-order valence-electron chi connectivity index (χ1n) is 9.59. The molecule has 8 heteroatoms. The van der Waals surface area contributed by atoms with Crippen molar-refractivity contribution in [3.63, 3.8) is 0 Å². The number of aryl methyl sites for hydroxylation is 2. The third kappa shape index (κ3) is 4.92. The molecule has 1 aliphatic heterocycles. The molecule has 0 aliphatic carbocycles. The van der Waals surface area contributed by atoms with E-state index in [0.717, 1.165) is 48.3 Å². The monoisotopic (exact) mass is 417 g/mol. The van der Waals surface area contributed by atoms with E-state index < -0.39 is 0 Å². The average molecular weight is 418 g/mol. The van der Waals surface area contributed by atoms with Crippen LogP contribution >= 0.6 is 12.4 Å². The van der Waals surface area contributed by atoms with Crippen LogP contribution in [0.3, 0.4) is 0 Å². The van der Waals surface area contributed by atoms with Crippen molar-refractivity contribution < 1.29 is 9.18 Å². The van der Waals surface area contributed by atoms with Gasteiger partial charge in [0.1, 0.15) is 11.3 Å². The molecular formula is C21H25ClFN5O. The van der Waals surface area contributed by atoms with Gasteiger partial charge in [0, 0.05) is 24.8 Å². The van der Waals surface area contributed by atoms with Crippen LogP contribution in [0.4, 0.5) is 10.1 Å². The normalized spacial score (nSPS) is 15.3. The molecular weight excluding hydrogens is 393 g/mol. The fraction of sp³-hybridized carbons (Fsp3) is 0.381. The molecule has 2 aromatic carbocycles. The summed E-state index contributed by atoms with van der Waals surface area (Å²) in [5, 5.41) is 11.3. The van der Waals surface area contributed by atoms with E-state index in [1.807, 2.05) is 30.7 Å². The largest absolute Gasteiger partial charge is 0.325 e. The molecule has 29 heavy (non-hydrogen) atoms. The Morgan fingerprint density at radius 3 is 2.52 bits per heavy atom. The smallest absolute Gasteiger partial charge is 0.238 e. The van der Waals surface area contributed by atoms with E-state index in [1.165, 1.54) is 12.1 Å². The summed E-state index contributed by atoms with van der Waals surface area (Å²) in [5.41, 5.74) is 4.55. The van der Waals surface area contributed by atoms with Gasteiger partial charge in [0.05, 0.1) is 18.1 Å². The molecule has 1 amide bonds. The molecule has 4 rings (SSSR count). The second-order valence-corrected chi connectivity index (χ2v) is 7.60. The molecule has 0 saturated carbocycles. The van der Waals surface area contributed by atoms with Crippen molar-refractivity contribution in [2.24, 2.45) is 0 Å². The molecule has 1 aromatic heterocycles. The van der Waals surface area contributed by atoms with Crippen LogP contribution in [-0.2, 0) is 4.79 Å². The summed E-state index contributed by atoms with van der Waals surface area (Å²) in [4.78, 5) is 14.6. The van der Waals surface area contributed by atoms with Crippen LogP contribution < -0.4 is 5.32 Å². The predicted molar refractivity (Wildman–Crippen MR) is 114 cm³/mol. The first-order chi connectivity index (χ1) is 13.5. The van der Waals surface area contributed by atoms with Gasteiger partial charge in [-0.2, -0.15) is 0 Å². The zero-order chi connectivity index (χ0) is 19.7. The number of benzene rings is 2. The molecule has 1 aliphatic rings. The van der Waals surface area contributed by atoms with E-state index >= 15 is 0 Å². The van der Waals surface area contributed by atoms with E-state index in [-0.39, 0.29) is 30.2 Å². The fourth-order valence-corrected chi connectivity index (χ4v) is 3.96. The van der Waals surface area contributed by atoms with Gasteiger partial charge in [-0.1, -0.05) is 11.3 Å². The van der Waals surface area contributed by atoms with Gasteiger partial charge >= 0.3 is 0 Å². The number of fused-ring (bicyclic) bond motifs is 1. The molecule has 0 atom stereocenters. The number of nitrogens with one attached hydrogen (secondary N) is 1. The maximum absolute atomic E-state index is 13.3. The number of nitrogens with zero attached hydrogens (tertiary/aromatic N) is 4. The second kappa shape index (κ2) is 8.88. The third-order valence-electron chi connectivity index (χ3n) is 5.21. The summed E-state index contributed by atoms with van der Waals surface area (Å²) in [7, 11) is 0. The first-order valence-corrected chi connectivity index (χ1v) is 9.59. The first kappa shape index (κ1) is 21.2. The number of rotatable bonds is 4. The molecule has 2 heterocycles. The molecule has 6 nitrogen and oxygen atoms in total. The SMILES string of the molecule is Cc1cc(C)cc(NC(=O)CN2CCC(n3nnc4cc(F)ccc43)CC2)c1.Cl. The molecule has 1 fully saturated rings. The highest BCUT2D eigenvalue weighted by Gasteiger charge is 2.24. The Bertz CT molecular complexity index is 993. The summed E-state index contributed by atoms with van der Waals surface area (Å²) in [6, 6.07) is 10.8. The Kier molecular flexibility index (Phi) is 6.49. The van der Waals surface area contributed by atoms with Gasteiger partial charge in [-0.3, -0.25) is 9.69 Å². The van der Waals surface area contributed by atoms with Crippen molar-refractivity contribution in [3.8, 4) is 0 Å². The summed E-state index contributed by atoms with van der Waals surface area (Å²) in [6.07, 6.45) is 1.76. The highest BCUT2D eigenvalue weighted by Crippen LogP contribution is 2.25. The molecule has 3 aromatic rings. The molecule has 0 bridgehead atoms. The molecule has 0 spiro atoms. The van der Waals surface area contributed by atoms with Crippen molar-refractivity contribution in [1.82, 2.24) is 19.9 Å². The molecule has 0 radical (unpaired) electrons. The van der Waals surface area contributed by atoms with Crippen LogP contribution in [-0.4, -0.2) is 45.4 Å². The Morgan fingerprint density at radius 1 is 1.14 bits per heavy atom. The number of halogens is 2. The van der Waals surface area contributed by atoms with Crippen molar-refractivity contribution in [1.29, 1.82) is 0 Å². The molecule has 154 valence electrons. The van der Waals surface area contributed by atoms with Gasteiger partial charge in [0.15, 0.2) is 0 Å². The number of piperidine rings is 1. The highest BCUT2D eigenvalue weighted by atomic mass is 35.5. The molecule has 0 unspecified atom stereocenters. The lowest BCUT2D eigenvalue weighted by Gasteiger charge is -2.31. The Morgan fingerprint density at radius 2 is 1.83 bits per heavy atom. The van der Waals surface area contributed by atoms with E-state index in [4.69, 9.17) is 0 Å². The van der Waals surface area contributed by atoms with Crippen molar-refractivity contribution in [2.45, 2.75) is 32.7 Å². The maximum atomic E-state index is 13.3. The van der Waals surface area contributed by atoms with Crippen LogP contribution in [0.5, 0.6) is 0 Å². The van der Waals surface area contributed by atoms with Crippen LogP contribution in [0, 0.1) is 19.7 Å². The minimum atomic E-state index is -0.302. The Hall–Kier alpha value is -2.51. The number of hydrogen-bond acceptors (Lipinski definition) is 4. The number of hydrogen-bond donors (Lipinski definition) is 1. The van der Waals surface area contributed by atoms with E-state index in [9.17, 15) is 9.18 Å². The molecule has 1 saturated heterocycles. The van der Waals surface area contributed by atoms with Gasteiger partial charge in [-0.25, -0.2) is 9.07 Å². The summed E-state index contributed by atoms with van der Waals surface area (Å²) in [5.74, 6) is -0.297. The Balaban J connectivity index is 0.00000240. The minimum Gasteiger partial charge on any atom is -0.325 e. The summed E-state index contributed by atoms with van der Waals surface area (Å²) < 4.78 is 15.2. The average Bonchev–Trinajstić information content (AvgIpc) is 3.04. The number of carbonyl (C=O) groups is 1. The summed E-state index contributed by atoms with van der Waals surface area (Å²) in [6.45, 7) is 6.05. The molecule has 1 N–H and O–H groups in total. The van der Waals surface area contributed by atoms with E-state index in [0.29, 0.717) is 12.1 Å². The van der Waals surface area contributed by atoms with E-state index in [2.05, 4.69) is 26.6 Å². The van der Waals surface area contributed by atoms with Crippen LogP contribution in [0.2, 0.25) is 0 Å². The second-order valence-electron chi connectivity index (χ2n) is 7.60. The topological polar surface area (TPSA) is 63.1 Å². The Labute approximate surface area is 175 Å². The lowest BCUT2D eigenvalue weighted by atomic mass is 10.0. The van der Waals surface area contributed by atoms with Gasteiger partial charge in [0.2, 0.25) is 5.91 Å². The highest BCUT2D eigenvalue weighted by molar-refractivity contribution is 5.92. The van der Waals surface area contributed by atoms with Crippen molar-refractivity contribution >= 4 is 35.0 Å². The quantitative estimate of drug-likeness (QED) is 0.699. The third-order valence-corrected chi connectivity index (χ3v) is 5.21. The van der Waals surface area contributed by atoms with Crippen molar-refractivity contribution in [2.75, 3.05) is 25.0 Å². The van der Waals surface area contributed by atoms with Gasteiger partial charge in [0.25, 0.3) is 0 Å². The van der Waals surface area contributed by atoms with Gasteiger partial charge in [-0.05, 0) is 62.1 Å². The number of amides is 1. The predicted octanol–water partition coefficient (Wildman–Crippen LogP) is 3.88. The minimum absolute atomic E-state index is 0. The maximum Gasteiger partial charge on any atom is 0.238 e. The zero-order valence-corrected chi connectivity index (χ0v) is 17.4. The van der Waals surface area contributed by atoms with Crippen LogP contribution in [0.1, 0.15) is 30.0 Å². The number of likely N-dealkylation sites (tertiary alicyclic amines) is 1. The summed E-state index contributed by atoms with van der Waals surface area (Å²) >= 11 is 0. The van der Waals surface area contributed by atoms with E-state index in [1.54, 1.807) is 6.07 Å². The fourth-order valence-electron chi connectivity index (χ4n) is 3.96. The lowest BCUT2D eigenvalue weighted by molar-refractivity contribution is -0.117. The van der Waals surface area contributed by atoms with Gasteiger partial charge < -0.3 is 5.32 Å². The van der Waals surface area contributed by atoms with Crippen LogP contribution in [0.25, 0.3) is 11.0 Å². The number of aromatic nitrogens is 3. The van der Waals surface area contributed by atoms with Crippen molar-refractivity contribution in [3.05, 3.63) is 53.3 Å². The number of carbonyl (C=O) groups excluding carboxylic acids is 1. The zero-order valence-electron chi connectivity index (χ0n) is 16.6. The number of anilines is 1. The van der Waals surface area contributed by atoms with Crippen LogP contribution in [0.15, 0.2) is 36.4 Å². The standard InChI is InChI=1S/C21H24FN5O.ClH/c1-14-9-15(2)11-17(10-14)23-21(28)13-26-7-5-18(6-8-26)27-20-4-3-16(22)12-19(20)24-25-27;/h3-4,9-12,18H,5-8,13H2,1-2H3,(H,23,28);1H.